The van der Waals surface area contributed by atoms with Gasteiger partial charge in [-0.1, -0.05) is 35.6 Å². The lowest BCUT2D eigenvalue weighted by atomic mass is 10.1. The maximum Gasteiger partial charge on any atom is 0.416 e. The van der Waals surface area contributed by atoms with Crippen LogP contribution in [0.1, 0.15) is 18.1 Å². The highest BCUT2D eigenvalue weighted by molar-refractivity contribution is 7.16. The molecule has 2 aromatic carbocycles. The van der Waals surface area contributed by atoms with Crippen LogP contribution in [0.4, 0.5) is 13.2 Å². The van der Waals surface area contributed by atoms with Crippen molar-refractivity contribution in [3.63, 3.8) is 0 Å². The zero-order chi connectivity index (χ0) is 17.3. The van der Waals surface area contributed by atoms with Crippen LogP contribution in [0.15, 0.2) is 58.7 Å². The first-order chi connectivity index (χ1) is 11.4. The van der Waals surface area contributed by atoms with E-state index >= 15 is 0 Å². The summed E-state index contributed by atoms with van der Waals surface area (Å²) in [6.45, 7) is 1.65. The molecule has 24 heavy (non-hydrogen) atoms. The van der Waals surface area contributed by atoms with Crippen molar-refractivity contribution in [2.24, 2.45) is 17.3 Å². The summed E-state index contributed by atoms with van der Waals surface area (Å²) in [4.78, 5) is 0.683. The molecule has 0 bridgehead atoms. The number of aromatic nitrogens is 1. The molecule has 0 saturated carbocycles. The molecule has 0 fully saturated rings. The molecule has 0 unspecified atom stereocenters. The number of hydrogen-bond acceptors (Lipinski definition) is 3. The van der Waals surface area contributed by atoms with E-state index in [4.69, 9.17) is 0 Å². The molecule has 0 saturated heterocycles. The number of nitrogens with zero attached hydrogens (tertiary/aromatic N) is 3. The smallest absolute Gasteiger partial charge is 0.318 e. The van der Waals surface area contributed by atoms with E-state index in [2.05, 4.69) is 10.2 Å². The van der Waals surface area contributed by atoms with Crippen LogP contribution in [0, 0.1) is 0 Å². The Labute approximate surface area is 140 Å². The third-order valence-corrected chi connectivity index (χ3v) is 4.71. The maximum absolute atomic E-state index is 12.8. The second-order valence-electron chi connectivity index (χ2n) is 5.28. The Balaban J connectivity index is 2.00. The van der Waals surface area contributed by atoms with Gasteiger partial charge < -0.3 is 4.57 Å². The third kappa shape index (κ3) is 3.26. The molecule has 3 rings (SSSR count). The normalized spacial score (nSPS) is 13.7. The van der Waals surface area contributed by atoms with Crippen LogP contribution in [-0.2, 0) is 13.2 Å². The van der Waals surface area contributed by atoms with Crippen molar-refractivity contribution < 1.29 is 13.2 Å². The van der Waals surface area contributed by atoms with Gasteiger partial charge in [-0.2, -0.15) is 18.3 Å². The summed E-state index contributed by atoms with van der Waals surface area (Å²) in [6, 6.07) is 12.9. The van der Waals surface area contributed by atoms with Crippen LogP contribution in [0.5, 0.6) is 0 Å². The topological polar surface area (TPSA) is 29.6 Å². The molecule has 0 aliphatic rings. The van der Waals surface area contributed by atoms with Crippen molar-refractivity contribution in [1.82, 2.24) is 4.57 Å². The molecule has 124 valence electrons. The van der Waals surface area contributed by atoms with Gasteiger partial charge >= 0.3 is 6.18 Å². The largest absolute Gasteiger partial charge is 0.416 e. The first-order valence-corrected chi connectivity index (χ1v) is 7.98. The molecule has 0 spiro atoms. The van der Waals surface area contributed by atoms with Gasteiger partial charge in [0.1, 0.15) is 0 Å². The van der Waals surface area contributed by atoms with Gasteiger partial charge in [0.25, 0.3) is 0 Å². The van der Waals surface area contributed by atoms with Crippen LogP contribution in [0.3, 0.4) is 0 Å². The van der Waals surface area contributed by atoms with Gasteiger partial charge in [-0.3, -0.25) is 0 Å². The van der Waals surface area contributed by atoms with Gasteiger partial charge in [0.2, 0.25) is 4.80 Å². The zero-order valence-electron chi connectivity index (χ0n) is 13.0. The van der Waals surface area contributed by atoms with Crippen molar-refractivity contribution >= 4 is 27.3 Å². The second kappa shape index (κ2) is 6.24. The molecular weight excluding hydrogens is 335 g/mol. The summed E-state index contributed by atoms with van der Waals surface area (Å²) in [7, 11) is 1.88. The van der Waals surface area contributed by atoms with Crippen LogP contribution in [0.25, 0.3) is 10.2 Å². The van der Waals surface area contributed by atoms with Crippen LogP contribution < -0.4 is 4.80 Å². The number of aryl methyl sites for hydroxylation is 1. The summed E-state index contributed by atoms with van der Waals surface area (Å²) in [5, 5.41) is 8.31. The number of halogens is 3. The minimum atomic E-state index is -4.37. The quantitative estimate of drug-likeness (QED) is 0.479. The summed E-state index contributed by atoms with van der Waals surface area (Å²) in [6.07, 6.45) is -4.37. The Hall–Kier alpha value is -2.41. The molecule has 0 atom stereocenters. The van der Waals surface area contributed by atoms with E-state index in [1.807, 2.05) is 35.9 Å². The van der Waals surface area contributed by atoms with Crippen LogP contribution >= 0.6 is 11.3 Å². The Morgan fingerprint density at radius 2 is 1.83 bits per heavy atom. The van der Waals surface area contributed by atoms with Gasteiger partial charge in [0.15, 0.2) is 0 Å². The number of hydrogen-bond donors (Lipinski definition) is 0. The molecule has 3 nitrogen and oxygen atoms in total. The molecule has 1 aromatic heterocycles. The average Bonchev–Trinajstić information content (AvgIpc) is 2.88. The number of benzene rings is 2. The molecule has 0 amide bonds. The molecule has 7 heteroatoms. The van der Waals surface area contributed by atoms with Gasteiger partial charge in [0.05, 0.1) is 21.5 Å². The molecular formula is C17H14F3N3S. The van der Waals surface area contributed by atoms with Gasteiger partial charge in [0, 0.05) is 7.05 Å². The standard InChI is InChI=1S/C17H14F3N3S/c1-11(12-6-5-7-13(10-12)17(18,19)20)21-22-16-23(2)14-8-3-4-9-15(14)24-16/h3-10H,1-2H3. The Kier molecular flexibility index (Phi) is 4.28. The number of thiazole rings is 1. The van der Waals surface area contributed by atoms with E-state index in [0.717, 1.165) is 22.3 Å². The van der Waals surface area contributed by atoms with E-state index in [1.165, 1.54) is 17.4 Å². The van der Waals surface area contributed by atoms with E-state index in [9.17, 15) is 13.2 Å². The summed E-state index contributed by atoms with van der Waals surface area (Å²) >= 11 is 1.48. The third-order valence-electron chi connectivity index (χ3n) is 3.61. The van der Waals surface area contributed by atoms with Crippen LogP contribution in [-0.4, -0.2) is 10.3 Å². The second-order valence-corrected chi connectivity index (χ2v) is 6.28. The monoisotopic (exact) mass is 349 g/mol. The van der Waals surface area contributed by atoms with Crippen molar-refractivity contribution in [3.8, 4) is 0 Å². The fraction of sp³-hybridized carbons (Fsp3) is 0.176. The summed E-state index contributed by atoms with van der Waals surface area (Å²) in [5.41, 5.74) is 1.17. The van der Waals surface area contributed by atoms with E-state index in [-0.39, 0.29) is 0 Å². The summed E-state index contributed by atoms with van der Waals surface area (Å²) < 4.78 is 41.3. The zero-order valence-corrected chi connectivity index (χ0v) is 13.8. The van der Waals surface area contributed by atoms with Crippen LogP contribution in [0.2, 0.25) is 0 Å². The number of alkyl halides is 3. The maximum atomic E-state index is 12.8. The number of rotatable bonds is 2. The lowest BCUT2D eigenvalue weighted by Gasteiger charge is -2.07. The highest BCUT2D eigenvalue weighted by Crippen LogP contribution is 2.29. The number of para-hydroxylation sites is 1. The van der Waals surface area contributed by atoms with E-state index in [1.54, 1.807) is 13.0 Å². The molecule has 1 heterocycles. The van der Waals surface area contributed by atoms with Crippen molar-refractivity contribution in [2.75, 3.05) is 0 Å². The molecule has 0 radical (unpaired) electrons. The minimum absolute atomic E-state index is 0.400. The minimum Gasteiger partial charge on any atom is -0.318 e. The lowest BCUT2D eigenvalue weighted by molar-refractivity contribution is -0.137. The van der Waals surface area contributed by atoms with Crippen molar-refractivity contribution in [1.29, 1.82) is 0 Å². The fourth-order valence-electron chi connectivity index (χ4n) is 2.27. The predicted molar refractivity (Wildman–Crippen MR) is 90.0 cm³/mol. The summed E-state index contributed by atoms with van der Waals surface area (Å²) in [5.74, 6) is 0. The first kappa shape index (κ1) is 16.4. The highest BCUT2D eigenvalue weighted by atomic mass is 32.1. The lowest BCUT2D eigenvalue weighted by Crippen LogP contribution is -2.10. The predicted octanol–water partition coefficient (Wildman–Crippen LogP) is 4.58. The molecule has 0 aliphatic heterocycles. The van der Waals surface area contributed by atoms with Gasteiger partial charge in [-0.25, -0.2) is 0 Å². The number of fused-ring (bicyclic) bond motifs is 1. The van der Waals surface area contributed by atoms with E-state index in [0.29, 0.717) is 16.1 Å². The Morgan fingerprint density at radius 3 is 2.54 bits per heavy atom. The van der Waals surface area contributed by atoms with Crippen molar-refractivity contribution in [3.05, 3.63) is 64.5 Å². The molecule has 0 N–H and O–H groups in total. The molecule has 3 aromatic rings. The first-order valence-electron chi connectivity index (χ1n) is 7.17. The van der Waals surface area contributed by atoms with E-state index < -0.39 is 11.7 Å². The Morgan fingerprint density at radius 1 is 1.08 bits per heavy atom. The SMILES string of the molecule is CC(=NN=c1sc2ccccc2n1C)c1cccc(C(F)(F)F)c1. The molecule has 0 aliphatic carbocycles. The average molecular weight is 349 g/mol. The van der Waals surface area contributed by atoms with Gasteiger partial charge in [-0.15, -0.1) is 5.10 Å². The Bertz CT molecular complexity index is 980. The fourth-order valence-corrected chi connectivity index (χ4v) is 3.24. The van der Waals surface area contributed by atoms with Crippen molar-refractivity contribution in [2.45, 2.75) is 13.1 Å². The van der Waals surface area contributed by atoms with Gasteiger partial charge in [-0.05, 0) is 36.8 Å². The highest BCUT2D eigenvalue weighted by Gasteiger charge is 2.30.